The molecule has 1 fully saturated rings. The third-order valence-corrected chi connectivity index (χ3v) is 5.34. The number of carbonyl (C=O) groups excluding carboxylic acids is 1. The number of pyridine rings is 1. The first-order valence-corrected chi connectivity index (χ1v) is 10.8. The number of halogens is 5. The number of hydrogen-bond donors (Lipinski definition) is 3. The number of aromatic amines is 1. The van der Waals surface area contributed by atoms with Gasteiger partial charge in [-0.25, -0.2) is 18.6 Å². The summed E-state index contributed by atoms with van der Waals surface area (Å²) in [4.78, 5) is 20.4. The van der Waals surface area contributed by atoms with Crippen molar-refractivity contribution in [3.05, 3.63) is 47.8 Å². The monoisotopic (exact) mass is 501 g/mol. The number of hydrogen-bond acceptors (Lipinski definition) is 5. The molecule has 0 atom stereocenters. The Morgan fingerprint density at radius 1 is 1.23 bits per heavy atom. The van der Waals surface area contributed by atoms with Gasteiger partial charge >= 0.3 is 12.2 Å². The molecule has 3 aromatic rings. The zero-order valence-corrected chi connectivity index (χ0v) is 18.3. The lowest BCUT2D eigenvalue weighted by Crippen LogP contribution is -2.38. The fourth-order valence-corrected chi connectivity index (χ4v) is 3.70. The molecule has 0 spiro atoms. The van der Waals surface area contributed by atoms with E-state index in [0.717, 1.165) is 43.9 Å². The molecular formula is C22H24F5N5O3. The predicted octanol–water partition coefficient (Wildman–Crippen LogP) is 4.74. The Hall–Kier alpha value is -3.45. The van der Waals surface area contributed by atoms with Crippen LogP contribution in [0.5, 0.6) is 11.5 Å². The summed E-state index contributed by atoms with van der Waals surface area (Å²) in [5.41, 5.74) is -1.43. The average molecular weight is 501 g/mol. The van der Waals surface area contributed by atoms with Crippen molar-refractivity contribution >= 4 is 22.8 Å². The number of benzene rings is 1. The van der Waals surface area contributed by atoms with Crippen LogP contribution in [0.25, 0.3) is 11.0 Å². The Kier molecular flexibility index (Phi) is 7.36. The minimum Gasteiger partial charge on any atom is -0.450 e. The molecule has 0 aliphatic carbocycles. The lowest BCUT2D eigenvalue weighted by Gasteiger charge is -2.19. The molecule has 2 amide bonds. The summed E-state index contributed by atoms with van der Waals surface area (Å²) < 4.78 is 79.8. The van der Waals surface area contributed by atoms with E-state index in [2.05, 4.69) is 25.5 Å². The van der Waals surface area contributed by atoms with Crippen LogP contribution >= 0.6 is 0 Å². The lowest BCUT2D eigenvalue weighted by molar-refractivity contribution is -0.136. The van der Waals surface area contributed by atoms with Gasteiger partial charge in [0.2, 0.25) is 0 Å². The Morgan fingerprint density at radius 3 is 2.74 bits per heavy atom. The summed E-state index contributed by atoms with van der Waals surface area (Å²) in [6, 6.07) is 2.02. The average Bonchev–Trinajstić information content (AvgIpc) is 3.08. The van der Waals surface area contributed by atoms with Gasteiger partial charge in [-0.3, -0.25) is 4.90 Å². The van der Waals surface area contributed by atoms with E-state index in [4.69, 9.17) is 9.47 Å². The number of nitrogens with one attached hydrogen (secondary N) is 3. The SMILES string of the molecule is O=C(NCCN1CCCOCC1)Nc1cc(F)c(Oc2ccnc3[nH]cc(C(F)(F)F)c23)c(F)c1.[HH]. The van der Waals surface area contributed by atoms with Crippen molar-refractivity contribution < 1.29 is 37.6 Å². The van der Waals surface area contributed by atoms with Gasteiger partial charge in [-0.15, -0.1) is 0 Å². The minimum absolute atomic E-state index is 0. The molecule has 3 N–H and O–H groups in total. The Labute approximate surface area is 197 Å². The summed E-state index contributed by atoms with van der Waals surface area (Å²) in [6.07, 6.45) is -2.00. The summed E-state index contributed by atoms with van der Waals surface area (Å²) in [7, 11) is 0. The largest absolute Gasteiger partial charge is 0.450 e. The number of anilines is 1. The van der Waals surface area contributed by atoms with E-state index < -0.39 is 46.3 Å². The quantitative estimate of drug-likeness (QED) is 0.425. The molecule has 1 saturated heterocycles. The van der Waals surface area contributed by atoms with Crippen LogP contribution in [-0.2, 0) is 10.9 Å². The number of alkyl halides is 3. The molecule has 3 heterocycles. The van der Waals surface area contributed by atoms with Gasteiger partial charge in [-0.05, 0) is 12.5 Å². The number of urea groups is 1. The number of amides is 2. The highest BCUT2D eigenvalue weighted by atomic mass is 19.4. The molecule has 190 valence electrons. The first-order valence-electron chi connectivity index (χ1n) is 10.8. The van der Waals surface area contributed by atoms with Gasteiger partial charge < -0.3 is 25.1 Å². The summed E-state index contributed by atoms with van der Waals surface area (Å²) in [5.74, 6) is -3.77. The van der Waals surface area contributed by atoms with Crippen LogP contribution in [0, 0.1) is 11.6 Å². The standard InChI is InChI=1S/C22H22F5N5O3.H2/c23-15-10-13(31-21(33)29-4-6-32-5-1-8-34-9-7-32)11-16(24)19(15)35-17-2-3-28-20-18(17)14(12-30-20)22(25,26)27;/h2-3,10-12H,1,4-9H2,(H,28,30)(H2,29,31,33);1H. The first kappa shape index (κ1) is 24.7. The number of H-pyrrole nitrogens is 1. The van der Waals surface area contributed by atoms with Crippen molar-refractivity contribution in [3.8, 4) is 11.5 Å². The zero-order chi connectivity index (χ0) is 25.0. The van der Waals surface area contributed by atoms with Gasteiger partial charge in [0.05, 0.1) is 17.6 Å². The van der Waals surface area contributed by atoms with Crippen molar-refractivity contribution in [1.82, 2.24) is 20.2 Å². The number of nitrogens with zero attached hydrogens (tertiary/aromatic N) is 2. The van der Waals surface area contributed by atoms with Crippen molar-refractivity contribution in [3.63, 3.8) is 0 Å². The number of rotatable bonds is 6. The Balaban J connectivity index is 0.00000361. The third-order valence-electron chi connectivity index (χ3n) is 5.34. The summed E-state index contributed by atoms with van der Waals surface area (Å²) >= 11 is 0. The van der Waals surface area contributed by atoms with Crippen molar-refractivity contribution in [2.75, 3.05) is 44.7 Å². The zero-order valence-electron chi connectivity index (χ0n) is 18.3. The second kappa shape index (κ2) is 10.4. The highest BCUT2D eigenvalue weighted by Gasteiger charge is 2.35. The highest BCUT2D eigenvalue weighted by molar-refractivity contribution is 5.89. The number of carbonyl (C=O) groups is 1. The van der Waals surface area contributed by atoms with Gasteiger partial charge in [0, 0.05) is 64.4 Å². The van der Waals surface area contributed by atoms with E-state index in [1.54, 1.807) is 0 Å². The van der Waals surface area contributed by atoms with Crippen molar-refractivity contribution in [1.29, 1.82) is 0 Å². The summed E-state index contributed by atoms with van der Waals surface area (Å²) in [5, 5.41) is 4.47. The molecule has 2 aromatic heterocycles. The van der Waals surface area contributed by atoms with Gasteiger partial charge in [-0.2, -0.15) is 13.2 Å². The molecule has 4 rings (SSSR count). The van der Waals surface area contributed by atoms with E-state index in [0.29, 0.717) is 32.5 Å². The van der Waals surface area contributed by atoms with E-state index >= 15 is 0 Å². The highest BCUT2D eigenvalue weighted by Crippen LogP contribution is 2.40. The molecule has 13 heteroatoms. The van der Waals surface area contributed by atoms with E-state index in [-0.39, 0.29) is 12.8 Å². The molecule has 8 nitrogen and oxygen atoms in total. The van der Waals surface area contributed by atoms with Crippen LogP contribution in [0.4, 0.5) is 32.4 Å². The first-order chi connectivity index (χ1) is 16.7. The van der Waals surface area contributed by atoms with E-state index in [9.17, 15) is 26.7 Å². The van der Waals surface area contributed by atoms with Crippen LogP contribution in [0.3, 0.4) is 0 Å². The summed E-state index contributed by atoms with van der Waals surface area (Å²) in [6.45, 7) is 3.81. The van der Waals surface area contributed by atoms with E-state index in [1.165, 1.54) is 0 Å². The van der Waals surface area contributed by atoms with Gasteiger partial charge in [0.25, 0.3) is 0 Å². The van der Waals surface area contributed by atoms with Crippen molar-refractivity contribution in [2.45, 2.75) is 12.6 Å². The second-order valence-electron chi connectivity index (χ2n) is 7.79. The topological polar surface area (TPSA) is 91.5 Å². The van der Waals surface area contributed by atoms with Crippen LogP contribution in [0.1, 0.15) is 13.4 Å². The number of fused-ring (bicyclic) bond motifs is 1. The van der Waals surface area contributed by atoms with Crippen LogP contribution in [0.2, 0.25) is 0 Å². The molecule has 1 aliphatic rings. The van der Waals surface area contributed by atoms with Crippen molar-refractivity contribution in [2.24, 2.45) is 0 Å². The van der Waals surface area contributed by atoms with E-state index in [1.807, 2.05) is 0 Å². The molecule has 0 radical (unpaired) electrons. The van der Waals surface area contributed by atoms with Crippen LogP contribution in [-0.4, -0.2) is 60.3 Å². The number of ether oxygens (including phenoxy) is 2. The molecule has 1 aromatic carbocycles. The predicted molar refractivity (Wildman–Crippen MR) is 119 cm³/mol. The Morgan fingerprint density at radius 2 is 2.00 bits per heavy atom. The maximum atomic E-state index is 14.6. The maximum Gasteiger partial charge on any atom is 0.418 e. The Bertz CT molecular complexity index is 1180. The molecular weight excluding hydrogens is 477 g/mol. The van der Waals surface area contributed by atoms with Crippen LogP contribution in [0.15, 0.2) is 30.6 Å². The fraction of sp³-hybridized carbons (Fsp3) is 0.364. The van der Waals surface area contributed by atoms with Crippen LogP contribution < -0.4 is 15.4 Å². The number of aromatic nitrogens is 2. The van der Waals surface area contributed by atoms with Gasteiger partial charge in [0.1, 0.15) is 11.4 Å². The fourth-order valence-electron chi connectivity index (χ4n) is 3.70. The van der Waals surface area contributed by atoms with Gasteiger partial charge in [0.15, 0.2) is 17.4 Å². The second-order valence-corrected chi connectivity index (χ2v) is 7.79. The molecule has 0 saturated carbocycles. The third kappa shape index (κ3) is 5.98. The normalized spacial score (nSPS) is 15.1. The molecule has 0 bridgehead atoms. The lowest BCUT2D eigenvalue weighted by atomic mass is 10.2. The smallest absolute Gasteiger partial charge is 0.418 e. The molecule has 0 unspecified atom stereocenters. The van der Waals surface area contributed by atoms with Gasteiger partial charge in [-0.1, -0.05) is 0 Å². The maximum absolute atomic E-state index is 14.6. The molecule has 1 aliphatic heterocycles. The minimum atomic E-state index is -4.74. The molecule has 35 heavy (non-hydrogen) atoms.